The number of rotatable bonds is 6. The molecular formula is C17H17Br2NO. The molecule has 0 aliphatic carbocycles. The van der Waals surface area contributed by atoms with Gasteiger partial charge in [-0.3, -0.25) is 0 Å². The number of ether oxygens (including phenoxy) is 1. The highest BCUT2D eigenvalue weighted by molar-refractivity contribution is 9.10. The van der Waals surface area contributed by atoms with E-state index in [1.54, 1.807) is 6.08 Å². The van der Waals surface area contributed by atoms with E-state index in [-0.39, 0.29) is 0 Å². The Bertz CT molecular complexity index is 641. The summed E-state index contributed by atoms with van der Waals surface area (Å²) in [6.45, 7) is 6.98. The fraction of sp³-hybridized carbons (Fsp3) is 0.176. The van der Waals surface area contributed by atoms with E-state index in [0.29, 0.717) is 13.2 Å². The molecule has 4 heteroatoms. The van der Waals surface area contributed by atoms with Gasteiger partial charge in [-0.25, -0.2) is 0 Å². The minimum Gasteiger partial charge on any atom is -0.489 e. The summed E-state index contributed by atoms with van der Waals surface area (Å²) in [4.78, 5) is 0. The molecule has 1 N–H and O–H groups in total. The normalized spacial score (nSPS) is 10.2. The van der Waals surface area contributed by atoms with Crippen molar-refractivity contribution in [1.29, 1.82) is 0 Å². The average molecular weight is 411 g/mol. The standard InChI is InChI=1S/C17H17Br2NO/c1-3-8-21-17-7-5-15(19)10-13(17)11-20-16-6-4-14(18)9-12(16)2/h3-7,9-10,20H,1,8,11H2,2H3. The van der Waals surface area contributed by atoms with Gasteiger partial charge in [0.1, 0.15) is 12.4 Å². The number of benzene rings is 2. The fourth-order valence-electron chi connectivity index (χ4n) is 1.99. The summed E-state index contributed by atoms with van der Waals surface area (Å²) in [5.41, 5.74) is 3.43. The van der Waals surface area contributed by atoms with Crippen LogP contribution in [0.1, 0.15) is 11.1 Å². The summed E-state index contributed by atoms with van der Waals surface area (Å²) in [7, 11) is 0. The van der Waals surface area contributed by atoms with E-state index >= 15 is 0 Å². The molecule has 0 unspecified atom stereocenters. The molecule has 0 radical (unpaired) electrons. The molecule has 0 spiro atoms. The number of anilines is 1. The van der Waals surface area contributed by atoms with Crippen LogP contribution in [0.3, 0.4) is 0 Å². The molecule has 0 saturated heterocycles. The lowest BCUT2D eigenvalue weighted by Gasteiger charge is -2.14. The van der Waals surface area contributed by atoms with Gasteiger partial charge in [0.25, 0.3) is 0 Å². The molecule has 21 heavy (non-hydrogen) atoms. The second-order valence-corrected chi connectivity index (χ2v) is 6.50. The Kier molecular flexibility index (Phi) is 5.88. The second kappa shape index (κ2) is 7.66. The van der Waals surface area contributed by atoms with Crippen molar-refractivity contribution in [3.63, 3.8) is 0 Å². The quantitative estimate of drug-likeness (QED) is 0.617. The van der Waals surface area contributed by atoms with E-state index in [1.165, 1.54) is 5.56 Å². The van der Waals surface area contributed by atoms with Crippen LogP contribution in [0, 0.1) is 6.92 Å². The van der Waals surface area contributed by atoms with Crippen molar-refractivity contribution in [2.45, 2.75) is 13.5 Å². The van der Waals surface area contributed by atoms with Crippen LogP contribution in [-0.2, 0) is 6.54 Å². The predicted molar refractivity (Wildman–Crippen MR) is 96.0 cm³/mol. The summed E-state index contributed by atoms with van der Waals surface area (Å²) in [5.74, 6) is 0.875. The van der Waals surface area contributed by atoms with Gasteiger partial charge in [-0.2, -0.15) is 0 Å². The van der Waals surface area contributed by atoms with E-state index in [0.717, 1.165) is 25.9 Å². The maximum Gasteiger partial charge on any atom is 0.124 e. The fourth-order valence-corrected chi connectivity index (χ4v) is 2.88. The van der Waals surface area contributed by atoms with E-state index < -0.39 is 0 Å². The Morgan fingerprint density at radius 3 is 2.57 bits per heavy atom. The molecule has 0 aliphatic rings. The van der Waals surface area contributed by atoms with Crippen LogP contribution in [0.15, 0.2) is 58.0 Å². The monoisotopic (exact) mass is 409 g/mol. The predicted octanol–water partition coefficient (Wildman–Crippen LogP) is 5.70. The zero-order chi connectivity index (χ0) is 15.2. The Labute approximate surface area is 142 Å². The largest absolute Gasteiger partial charge is 0.489 e. The minimum atomic E-state index is 0.506. The van der Waals surface area contributed by atoms with Crippen molar-refractivity contribution in [1.82, 2.24) is 0 Å². The molecule has 0 saturated carbocycles. The molecule has 0 bridgehead atoms. The third-order valence-corrected chi connectivity index (χ3v) is 4.02. The van der Waals surface area contributed by atoms with Gasteiger partial charge in [-0.1, -0.05) is 44.5 Å². The van der Waals surface area contributed by atoms with Crippen LogP contribution in [0.4, 0.5) is 5.69 Å². The second-order valence-electron chi connectivity index (χ2n) is 4.66. The summed E-state index contributed by atoms with van der Waals surface area (Å²) in [5, 5.41) is 3.45. The van der Waals surface area contributed by atoms with Crippen molar-refractivity contribution >= 4 is 37.5 Å². The van der Waals surface area contributed by atoms with Crippen LogP contribution in [0.5, 0.6) is 5.75 Å². The third kappa shape index (κ3) is 4.61. The zero-order valence-corrected chi connectivity index (χ0v) is 15.0. The lowest BCUT2D eigenvalue weighted by molar-refractivity contribution is 0.359. The van der Waals surface area contributed by atoms with Crippen LogP contribution >= 0.6 is 31.9 Å². The first kappa shape index (κ1) is 16.1. The molecule has 2 aromatic carbocycles. The summed E-state index contributed by atoms with van der Waals surface area (Å²) >= 11 is 6.98. The molecule has 0 heterocycles. The summed E-state index contributed by atoms with van der Waals surface area (Å²) in [6, 6.07) is 12.2. The summed E-state index contributed by atoms with van der Waals surface area (Å²) < 4.78 is 7.82. The smallest absolute Gasteiger partial charge is 0.124 e. The van der Waals surface area contributed by atoms with Crippen molar-refractivity contribution in [3.05, 3.63) is 69.1 Å². The Morgan fingerprint density at radius 1 is 1.14 bits per heavy atom. The Hall–Kier alpha value is -1.26. The average Bonchev–Trinajstić information content (AvgIpc) is 2.45. The number of hydrogen-bond donors (Lipinski definition) is 1. The lowest BCUT2D eigenvalue weighted by Crippen LogP contribution is -2.04. The van der Waals surface area contributed by atoms with Crippen molar-refractivity contribution in [3.8, 4) is 5.75 Å². The zero-order valence-electron chi connectivity index (χ0n) is 11.8. The van der Waals surface area contributed by atoms with Crippen LogP contribution in [0.2, 0.25) is 0 Å². The highest BCUT2D eigenvalue weighted by atomic mass is 79.9. The maximum absolute atomic E-state index is 5.69. The van der Waals surface area contributed by atoms with Crippen LogP contribution in [-0.4, -0.2) is 6.61 Å². The van der Waals surface area contributed by atoms with Gasteiger partial charge in [0, 0.05) is 26.7 Å². The van der Waals surface area contributed by atoms with Crippen molar-refractivity contribution in [2.75, 3.05) is 11.9 Å². The molecule has 0 aromatic heterocycles. The number of halogens is 2. The molecular weight excluding hydrogens is 394 g/mol. The first-order valence-electron chi connectivity index (χ1n) is 6.62. The van der Waals surface area contributed by atoms with Gasteiger partial charge in [-0.05, 0) is 48.9 Å². The minimum absolute atomic E-state index is 0.506. The molecule has 0 atom stereocenters. The van der Waals surface area contributed by atoms with Crippen molar-refractivity contribution in [2.24, 2.45) is 0 Å². The first-order chi connectivity index (χ1) is 10.1. The topological polar surface area (TPSA) is 21.3 Å². The molecule has 2 nitrogen and oxygen atoms in total. The SMILES string of the molecule is C=CCOc1ccc(Br)cc1CNc1ccc(Br)cc1C. The van der Waals surface area contributed by atoms with E-state index in [1.807, 2.05) is 18.2 Å². The summed E-state index contributed by atoms with van der Waals surface area (Å²) in [6.07, 6.45) is 1.75. The molecule has 110 valence electrons. The molecule has 2 aromatic rings. The van der Waals surface area contributed by atoms with Crippen LogP contribution in [0.25, 0.3) is 0 Å². The number of nitrogens with one attached hydrogen (secondary N) is 1. The van der Waals surface area contributed by atoms with Gasteiger partial charge >= 0.3 is 0 Å². The van der Waals surface area contributed by atoms with E-state index in [4.69, 9.17) is 4.74 Å². The molecule has 0 aliphatic heterocycles. The van der Waals surface area contributed by atoms with Gasteiger partial charge in [0.15, 0.2) is 0 Å². The molecule has 0 amide bonds. The Morgan fingerprint density at radius 2 is 1.86 bits per heavy atom. The van der Waals surface area contributed by atoms with Gasteiger partial charge in [-0.15, -0.1) is 0 Å². The van der Waals surface area contributed by atoms with Gasteiger partial charge in [0.05, 0.1) is 0 Å². The van der Waals surface area contributed by atoms with Gasteiger partial charge in [0.2, 0.25) is 0 Å². The molecule has 2 rings (SSSR count). The van der Waals surface area contributed by atoms with Crippen LogP contribution < -0.4 is 10.1 Å². The van der Waals surface area contributed by atoms with Gasteiger partial charge < -0.3 is 10.1 Å². The molecule has 0 fully saturated rings. The third-order valence-electron chi connectivity index (χ3n) is 3.04. The lowest BCUT2D eigenvalue weighted by atomic mass is 10.1. The van der Waals surface area contributed by atoms with E-state index in [2.05, 4.69) is 68.9 Å². The number of aryl methyl sites for hydroxylation is 1. The maximum atomic E-state index is 5.69. The highest BCUT2D eigenvalue weighted by Crippen LogP contribution is 2.26. The highest BCUT2D eigenvalue weighted by Gasteiger charge is 2.06. The van der Waals surface area contributed by atoms with E-state index in [9.17, 15) is 0 Å². The number of hydrogen-bond acceptors (Lipinski definition) is 2. The Balaban J connectivity index is 2.14. The first-order valence-corrected chi connectivity index (χ1v) is 8.21. The van der Waals surface area contributed by atoms with Crippen molar-refractivity contribution < 1.29 is 4.74 Å².